The second kappa shape index (κ2) is 8.09. The second-order valence-electron chi connectivity index (χ2n) is 8.48. The molecule has 0 bridgehead atoms. The fourth-order valence-corrected chi connectivity index (χ4v) is 4.48. The van der Waals surface area contributed by atoms with Crippen molar-refractivity contribution in [3.05, 3.63) is 98.8 Å². The van der Waals surface area contributed by atoms with Gasteiger partial charge in [0.25, 0.3) is 5.56 Å². The average molecular weight is 441 g/mol. The Hall–Kier alpha value is -4.13. The van der Waals surface area contributed by atoms with E-state index in [2.05, 4.69) is 27.3 Å². The van der Waals surface area contributed by atoms with Crippen LogP contribution in [0.2, 0.25) is 0 Å². The van der Waals surface area contributed by atoms with Gasteiger partial charge in [0.2, 0.25) is 5.95 Å². The minimum atomic E-state index is -0.996. The Bertz CT molecular complexity index is 1420. The number of aromatic amines is 1. The van der Waals surface area contributed by atoms with E-state index >= 15 is 0 Å². The first kappa shape index (κ1) is 20.8. The number of fused-ring (bicyclic) bond motifs is 2. The van der Waals surface area contributed by atoms with Crippen LogP contribution in [-0.2, 0) is 13.1 Å². The summed E-state index contributed by atoms with van der Waals surface area (Å²) in [5.74, 6) is -0.461. The van der Waals surface area contributed by atoms with Gasteiger partial charge in [-0.2, -0.15) is 0 Å². The Kier molecular flexibility index (Phi) is 5.09. The molecule has 1 atom stereocenters. The number of rotatable bonds is 5. The van der Waals surface area contributed by atoms with Crippen molar-refractivity contribution < 1.29 is 9.90 Å². The molecule has 0 aliphatic carbocycles. The molecule has 0 amide bonds. The van der Waals surface area contributed by atoms with Crippen molar-refractivity contribution in [1.82, 2.24) is 9.97 Å². The summed E-state index contributed by atoms with van der Waals surface area (Å²) in [6.07, 6.45) is 0. The zero-order valence-corrected chi connectivity index (χ0v) is 18.4. The molecule has 0 radical (unpaired) electrons. The van der Waals surface area contributed by atoms with Crippen LogP contribution in [0, 0.1) is 6.92 Å². The van der Waals surface area contributed by atoms with Crippen LogP contribution in [0.1, 0.15) is 45.6 Å². The van der Waals surface area contributed by atoms with Crippen LogP contribution in [0.25, 0.3) is 10.9 Å². The average Bonchev–Trinajstić information content (AvgIpc) is 3.23. The molecule has 7 nitrogen and oxygen atoms in total. The Morgan fingerprint density at radius 1 is 1.09 bits per heavy atom. The minimum Gasteiger partial charge on any atom is -0.478 e. The standard InChI is InChI=1S/C26H24N4O3/c1-15-11-20(16(2)27-22-10-6-5-9-19(22)25(32)33)23-21(12-15)24(31)29-26(28-23)30-13-17-7-3-4-8-18(17)14-30/h3-12,16,27H,13-14H2,1-2H3,(H,32,33)(H,28,29,31). The number of nitrogens with zero attached hydrogens (tertiary/aromatic N) is 2. The number of benzene rings is 3. The Morgan fingerprint density at radius 2 is 1.76 bits per heavy atom. The summed E-state index contributed by atoms with van der Waals surface area (Å²) < 4.78 is 0. The molecule has 7 heteroatoms. The first-order valence-corrected chi connectivity index (χ1v) is 10.9. The predicted octanol–water partition coefficient (Wildman–Crippen LogP) is 4.62. The Morgan fingerprint density at radius 3 is 2.45 bits per heavy atom. The van der Waals surface area contributed by atoms with E-state index in [-0.39, 0.29) is 17.2 Å². The summed E-state index contributed by atoms with van der Waals surface area (Å²) in [5, 5.41) is 13.4. The predicted molar refractivity (Wildman–Crippen MR) is 129 cm³/mol. The van der Waals surface area contributed by atoms with Gasteiger partial charge >= 0.3 is 5.97 Å². The highest BCUT2D eigenvalue weighted by molar-refractivity contribution is 5.94. The first-order chi connectivity index (χ1) is 15.9. The molecule has 1 aromatic heterocycles. The van der Waals surface area contributed by atoms with E-state index in [1.165, 1.54) is 11.1 Å². The number of carboxylic acid groups (broad SMARTS) is 1. The van der Waals surface area contributed by atoms with Gasteiger partial charge in [-0.05, 0) is 48.7 Å². The smallest absolute Gasteiger partial charge is 0.337 e. The molecule has 33 heavy (non-hydrogen) atoms. The van der Waals surface area contributed by atoms with Gasteiger partial charge in [0.15, 0.2) is 0 Å². The summed E-state index contributed by atoms with van der Waals surface area (Å²) in [7, 11) is 0. The fourth-order valence-electron chi connectivity index (χ4n) is 4.48. The maximum absolute atomic E-state index is 13.0. The van der Waals surface area contributed by atoms with Crippen molar-refractivity contribution >= 4 is 28.5 Å². The topological polar surface area (TPSA) is 98.3 Å². The third-order valence-corrected chi connectivity index (χ3v) is 6.11. The number of aromatic nitrogens is 2. The van der Waals surface area contributed by atoms with E-state index in [0.29, 0.717) is 35.6 Å². The number of anilines is 2. The summed E-state index contributed by atoms with van der Waals surface area (Å²) in [6.45, 7) is 5.25. The van der Waals surface area contributed by atoms with Crippen LogP contribution in [0.3, 0.4) is 0 Å². The molecule has 0 fully saturated rings. The highest BCUT2D eigenvalue weighted by atomic mass is 16.4. The van der Waals surface area contributed by atoms with Gasteiger partial charge in [0.05, 0.1) is 22.5 Å². The number of aromatic carboxylic acids is 1. The van der Waals surface area contributed by atoms with E-state index in [1.54, 1.807) is 24.3 Å². The van der Waals surface area contributed by atoms with E-state index in [4.69, 9.17) is 4.98 Å². The molecule has 3 aromatic carbocycles. The number of carboxylic acids is 1. The number of hydrogen-bond acceptors (Lipinski definition) is 5. The van der Waals surface area contributed by atoms with Crippen molar-refractivity contribution in [2.24, 2.45) is 0 Å². The van der Waals surface area contributed by atoms with Gasteiger partial charge in [0.1, 0.15) is 0 Å². The lowest BCUT2D eigenvalue weighted by molar-refractivity contribution is 0.0698. The monoisotopic (exact) mass is 440 g/mol. The van der Waals surface area contributed by atoms with E-state index in [0.717, 1.165) is 11.1 Å². The maximum Gasteiger partial charge on any atom is 0.337 e. The molecule has 0 saturated heterocycles. The lowest BCUT2D eigenvalue weighted by Gasteiger charge is -2.21. The quantitative estimate of drug-likeness (QED) is 0.419. The van der Waals surface area contributed by atoms with Gasteiger partial charge < -0.3 is 15.3 Å². The van der Waals surface area contributed by atoms with Crippen LogP contribution < -0.4 is 15.8 Å². The van der Waals surface area contributed by atoms with Gasteiger partial charge in [0, 0.05) is 24.3 Å². The summed E-state index contributed by atoms with van der Waals surface area (Å²) in [6, 6.07) is 18.6. The van der Waals surface area contributed by atoms with Crippen LogP contribution in [0.5, 0.6) is 0 Å². The molecule has 1 aliphatic rings. The number of para-hydroxylation sites is 1. The van der Waals surface area contributed by atoms with E-state index in [9.17, 15) is 14.7 Å². The molecule has 1 unspecified atom stereocenters. The number of aryl methyl sites for hydroxylation is 1. The van der Waals surface area contributed by atoms with Crippen LogP contribution in [0.4, 0.5) is 11.6 Å². The van der Waals surface area contributed by atoms with Gasteiger partial charge in [-0.15, -0.1) is 0 Å². The molecule has 0 spiro atoms. The Balaban J connectivity index is 1.57. The van der Waals surface area contributed by atoms with E-state index in [1.807, 2.05) is 38.1 Å². The molecule has 1 aliphatic heterocycles. The summed E-state index contributed by atoms with van der Waals surface area (Å²) >= 11 is 0. The van der Waals surface area contributed by atoms with Crippen molar-refractivity contribution in [3.63, 3.8) is 0 Å². The lowest BCUT2D eigenvalue weighted by Crippen LogP contribution is -2.23. The van der Waals surface area contributed by atoms with Crippen molar-refractivity contribution in [3.8, 4) is 0 Å². The second-order valence-corrected chi connectivity index (χ2v) is 8.48. The number of nitrogens with one attached hydrogen (secondary N) is 2. The summed E-state index contributed by atoms with van der Waals surface area (Å²) in [4.78, 5) is 34.6. The van der Waals surface area contributed by atoms with Crippen molar-refractivity contribution in [2.45, 2.75) is 33.0 Å². The first-order valence-electron chi connectivity index (χ1n) is 10.9. The fraction of sp³-hybridized carbons (Fsp3) is 0.192. The molecular formula is C26H24N4O3. The number of hydrogen-bond donors (Lipinski definition) is 3. The summed E-state index contributed by atoms with van der Waals surface area (Å²) in [5.41, 5.74) is 5.38. The van der Waals surface area contributed by atoms with Crippen molar-refractivity contribution in [1.29, 1.82) is 0 Å². The third kappa shape index (κ3) is 3.82. The van der Waals surface area contributed by atoms with Crippen LogP contribution >= 0.6 is 0 Å². The molecule has 166 valence electrons. The Labute approximate surface area is 190 Å². The molecule has 4 aromatic rings. The van der Waals surface area contributed by atoms with Gasteiger partial charge in [-0.25, -0.2) is 9.78 Å². The lowest BCUT2D eigenvalue weighted by atomic mass is 10.0. The van der Waals surface area contributed by atoms with Crippen LogP contribution in [0.15, 0.2) is 65.5 Å². The molecule has 5 rings (SSSR count). The molecule has 0 saturated carbocycles. The number of carbonyl (C=O) groups is 1. The molecular weight excluding hydrogens is 416 g/mol. The highest BCUT2D eigenvalue weighted by Gasteiger charge is 2.23. The minimum absolute atomic E-state index is 0.186. The molecule has 2 heterocycles. The number of H-pyrrole nitrogens is 1. The SMILES string of the molecule is Cc1cc(C(C)Nc2ccccc2C(=O)O)c2nc(N3Cc4ccccc4C3)[nH]c(=O)c2c1. The van der Waals surface area contributed by atoms with Crippen molar-refractivity contribution in [2.75, 3.05) is 10.2 Å². The zero-order chi connectivity index (χ0) is 23.1. The van der Waals surface area contributed by atoms with Gasteiger partial charge in [-0.3, -0.25) is 9.78 Å². The maximum atomic E-state index is 13.0. The largest absolute Gasteiger partial charge is 0.478 e. The molecule has 3 N–H and O–H groups in total. The van der Waals surface area contributed by atoms with Gasteiger partial charge in [-0.1, -0.05) is 42.5 Å². The third-order valence-electron chi connectivity index (χ3n) is 6.11. The van der Waals surface area contributed by atoms with Crippen LogP contribution in [-0.4, -0.2) is 21.0 Å². The normalized spacial score (nSPS) is 13.7. The highest BCUT2D eigenvalue weighted by Crippen LogP contribution is 2.30. The zero-order valence-electron chi connectivity index (χ0n) is 18.4. The van der Waals surface area contributed by atoms with E-state index < -0.39 is 5.97 Å².